The van der Waals surface area contributed by atoms with Gasteiger partial charge >= 0.3 is 0 Å². The Hall–Kier alpha value is -3.92. The van der Waals surface area contributed by atoms with Crippen molar-refractivity contribution < 1.29 is 14.4 Å². The number of aromatic nitrogens is 1. The Labute approximate surface area is 242 Å². The number of hydrazone groups is 1. The fourth-order valence-corrected chi connectivity index (χ4v) is 6.11. The van der Waals surface area contributed by atoms with E-state index < -0.39 is 28.3 Å². The van der Waals surface area contributed by atoms with Gasteiger partial charge in [0, 0.05) is 39.4 Å². The van der Waals surface area contributed by atoms with Crippen molar-refractivity contribution in [2.24, 2.45) is 5.10 Å². The molecule has 2 N–H and O–H groups in total. The number of rotatable bonds is 5. The Balaban J connectivity index is 1.49. The quantitative estimate of drug-likeness (QED) is 0.299. The molecule has 0 saturated carbocycles. The Morgan fingerprint density at radius 3 is 2.27 bits per heavy atom. The molecule has 3 amide bonds. The molecule has 8 nitrogen and oxygen atoms in total. The minimum Gasteiger partial charge on any atom is -0.321 e. The standard InChI is InChI=1S/C29H20Cl2N4O4S/c30-17-9-5-15(6-10-17)22-13-21(34-35(22)24(36)14-23-27(37)33-29(39)40-23)26-25(16-7-11-18(31)12-8-16)19-3-1-2-4-20(19)32-28(26)38/h1-12,22-23H,13-14H2,(H,32,38)(H,33,37,39). The van der Waals surface area contributed by atoms with Gasteiger partial charge in [-0.05, 0) is 41.5 Å². The summed E-state index contributed by atoms with van der Waals surface area (Å²) in [4.78, 5) is 54.0. The van der Waals surface area contributed by atoms with Gasteiger partial charge in [0.2, 0.25) is 11.8 Å². The third-order valence-corrected chi connectivity index (χ3v) is 8.38. The van der Waals surface area contributed by atoms with Crippen LogP contribution >= 0.6 is 35.0 Å². The van der Waals surface area contributed by atoms with Crippen LogP contribution in [-0.2, 0) is 9.59 Å². The van der Waals surface area contributed by atoms with E-state index in [0.717, 1.165) is 28.3 Å². The van der Waals surface area contributed by atoms with Crippen LogP contribution in [-0.4, -0.2) is 38.0 Å². The van der Waals surface area contributed by atoms with Gasteiger partial charge in [-0.1, -0.05) is 77.4 Å². The van der Waals surface area contributed by atoms with Crippen molar-refractivity contribution in [1.29, 1.82) is 0 Å². The van der Waals surface area contributed by atoms with Gasteiger partial charge in [-0.25, -0.2) is 5.01 Å². The van der Waals surface area contributed by atoms with Gasteiger partial charge in [0.05, 0.1) is 17.3 Å². The van der Waals surface area contributed by atoms with Gasteiger partial charge < -0.3 is 4.98 Å². The number of fused-ring (bicyclic) bond motifs is 1. The Bertz CT molecular complexity index is 1770. The molecule has 0 aliphatic carbocycles. The molecule has 3 aromatic carbocycles. The first kappa shape index (κ1) is 26.3. The summed E-state index contributed by atoms with van der Waals surface area (Å²) in [6, 6.07) is 21.2. The molecule has 1 saturated heterocycles. The fourth-order valence-electron chi connectivity index (χ4n) is 5.05. The van der Waals surface area contributed by atoms with E-state index in [1.807, 2.05) is 36.4 Å². The minimum absolute atomic E-state index is 0.221. The minimum atomic E-state index is -0.848. The molecule has 1 aromatic heterocycles. The van der Waals surface area contributed by atoms with Gasteiger partial charge in [-0.2, -0.15) is 5.10 Å². The zero-order valence-corrected chi connectivity index (χ0v) is 23.0. The van der Waals surface area contributed by atoms with Crippen molar-refractivity contribution in [2.75, 3.05) is 0 Å². The second-order valence-electron chi connectivity index (χ2n) is 9.40. The van der Waals surface area contributed by atoms with Crippen LogP contribution in [0.4, 0.5) is 4.79 Å². The summed E-state index contributed by atoms with van der Waals surface area (Å²) in [6.07, 6.45) is 0.0273. The first-order chi connectivity index (χ1) is 19.3. The molecule has 0 spiro atoms. The highest BCUT2D eigenvalue weighted by Crippen LogP contribution is 2.38. The average molecular weight is 591 g/mol. The highest BCUT2D eigenvalue weighted by Gasteiger charge is 2.39. The number of nitrogens with one attached hydrogen (secondary N) is 2. The number of hydrogen-bond donors (Lipinski definition) is 2. The Morgan fingerprint density at radius 1 is 0.925 bits per heavy atom. The second kappa shape index (κ2) is 10.6. The molecule has 11 heteroatoms. The maximum atomic E-state index is 13.6. The molecular weight excluding hydrogens is 571 g/mol. The van der Waals surface area contributed by atoms with Crippen LogP contribution in [0.15, 0.2) is 82.7 Å². The molecule has 4 aromatic rings. The number of pyridine rings is 1. The highest BCUT2D eigenvalue weighted by molar-refractivity contribution is 8.15. The number of thioether (sulfide) groups is 1. The van der Waals surface area contributed by atoms with Gasteiger partial charge in [-0.15, -0.1) is 0 Å². The summed E-state index contributed by atoms with van der Waals surface area (Å²) in [6.45, 7) is 0. The number of halogens is 2. The Kier molecular flexibility index (Phi) is 6.95. The van der Waals surface area contributed by atoms with Crippen molar-refractivity contribution in [3.05, 3.63) is 104 Å². The molecule has 200 valence electrons. The monoisotopic (exact) mass is 590 g/mol. The van der Waals surface area contributed by atoms with E-state index in [0.29, 0.717) is 32.4 Å². The van der Waals surface area contributed by atoms with E-state index >= 15 is 0 Å². The van der Waals surface area contributed by atoms with E-state index in [9.17, 15) is 19.2 Å². The lowest BCUT2D eigenvalue weighted by Crippen LogP contribution is -2.32. The Morgan fingerprint density at radius 2 is 1.60 bits per heavy atom. The predicted molar refractivity (Wildman–Crippen MR) is 157 cm³/mol. The summed E-state index contributed by atoms with van der Waals surface area (Å²) < 4.78 is 0. The van der Waals surface area contributed by atoms with E-state index in [1.165, 1.54) is 5.01 Å². The molecule has 2 atom stereocenters. The van der Waals surface area contributed by atoms with Gasteiger partial charge in [0.15, 0.2) is 0 Å². The first-order valence-electron chi connectivity index (χ1n) is 12.4. The van der Waals surface area contributed by atoms with Crippen LogP contribution < -0.4 is 10.9 Å². The molecule has 0 radical (unpaired) electrons. The topological polar surface area (TPSA) is 112 Å². The van der Waals surface area contributed by atoms with E-state index in [4.69, 9.17) is 28.3 Å². The number of H-pyrrole nitrogens is 1. The zero-order chi connectivity index (χ0) is 28.0. The van der Waals surface area contributed by atoms with Crippen LogP contribution in [0, 0.1) is 0 Å². The fraction of sp³-hybridized carbons (Fsp3) is 0.138. The van der Waals surface area contributed by atoms with Crippen LogP contribution in [0.2, 0.25) is 10.0 Å². The lowest BCUT2D eigenvalue weighted by atomic mass is 9.91. The van der Waals surface area contributed by atoms with Crippen LogP contribution in [0.5, 0.6) is 0 Å². The molecule has 1 fully saturated rings. The second-order valence-corrected chi connectivity index (χ2v) is 11.4. The molecule has 2 aliphatic heterocycles. The van der Waals surface area contributed by atoms with Crippen molar-refractivity contribution in [3.63, 3.8) is 0 Å². The first-order valence-corrected chi connectivity index (χ1v) is 14.0. The van der Waals surface area contributed by atoms with Gasteiger partial charge in [-0.3, -0.25) is 24.5 Å². The maximum absolute atomic E-state index is 13.6. The third kappa shape index (κ3) is 4.92. The predicted octanol–water partition coefficient (Wildman–Crippen LogP) is 5.92. The number of hydrogen-bond acceptors (Lipinski definition) is 6. The third-order valence-electron chi connectivity index (χ3n) is 6.89. The summed E-state index contributed by atoms with van der Waals surface area (Å²) in [5, 5.41) is 8.79. The summed E-state index contributed by atoms with van der Waals surface area (Å²) >= 11 is 13.1. The lowest BCUT2D eigenvalue weighted by molar-refractivity contribution is -0.134. The summed E-state index contributed by atoms with van der Waals surface area (Å²) in [5.74, 6) is -0.951. The van der Waals surface area contributed by atoms with E-state index in [2.05, 4.69) is 10.3 Å². The average Bonchev–Trinajstić information content (AvgIpc) is 3.51. The summed E-state index contributed by atoms with van der Waals surface area (Å²) in [7, 11) is 0. The number of imide groups is 1. The van der Waals surface area contributed by atoms with Crippen LogP contribution in [0.1, 0.15) is 30.0 Å². The molecule has 0 bridgehead atoms. The van der Waals surface area contributed by atoms with Crippen LogP contribution in [0.3, 0.4) is 0 Å². The smallest absolute Gasteiger partial charge is 0.286 e. The summed E-state index contributed by atoms with van der Waals surface area (Å²) in [5.41, 5.74) is 3.30. The largest absolute Gasteiger partial charge is 0.321 e. The van der Waals surface area contributed by atoms with Crippen molar-refractivity contribution in [3.8, 4) is 11.1 Å². The normalized spacial score (nSPS) is 18.8. The number of carbonyl (C=O) groups is 3. The molecule has 40 heavy (non-hydrogen) atoms. The number of nitrogens with zero attached hydrogens (tertiary/aromatic N) is 2. The maximum Gasteiger partial charge on any atom is 0.286 e. The van der Waals surface area contributed by atoms with Crippen LogP contribution in [0.25, 0.3) is 22.0 Å². The molecule has 2 unspecified atom stereocenters. The van der Waals surface area contributed by atoms with E-state index in [-0.39, 0.29) is 18.4 Å². The van der Waals surface area contributed by atoms with Gasteiger partial charge in [0.25, 0.3) is 10.8 Å². The number of aromatic amines is 1. The number of amides is 3. The highest BCUT2D eigenvalue weighted by atomic mass is 35.5. The SMILES string of the molecule is O=C1NC(=O)C(CC(=O)N2N=C(c3c(-c4ccc(Cl)cc4)c4ccccc4[nH]c3=O)CC2c2ccc(Cl)cc2)S1. The molecule has 6 rings (SSSR count). The van der Waals surface area contributed by atoms with Crippen molar-refractivity contribution in [2.45, 2.75) is 24.1 Å². The molecule has 3 heterocycles. The molecule has 2 aliphatic rings. The zero-order valence-electron chi connectivity index (χ0n) is 20.7. The van der Waals surface area contributed by atoms with E-state index in [1.54, 1.807) is 36.4 Å². The van der Waals surface area contributed by atoms with Gasteiger partial charge in [0.1, 0.15) is 5.25 Å². The number of benzene rings is 3. The number of carbonyl (C=O) groups excluding carboxylic acids is 3. The lowest BCUT2D eigenvalue weighted by Gasteiger charge is -2.22. The molecular formula is C29H20Cl2N4O4S. The number of para-hydroxylation sites is 1. The van der Waals surface area contributed by atoms with Crippen molar-refractivity contribution in [1.82, 2.24) is 15.3 Å². The van der Waals surface area contributed by atoms with Crippen molar-refractivity contribution >= 4 is 68.6 Å².